The van der Waals surface area contributed by atoms with Gasteiger partial charge >= 0.3 is 11.9 Å². The topological polar surface area (TPSA) is 92.7 Å². The standard InChI is InChI=1S/C15H19NO5/c1-3-21-13(17)9-8-12(15(19)20)16-14(18)11-6-4-10(2)5-7-11/h4-7,12H,3,8-9H2,1-2H3,(H,16,18)(H,19,20)/t12-/m0/s1. The van der Waals surface area contributed by atoms with E-state index in [9.17, 15) is 14.4 Å². The van der Waals surface area contributed by atoms with Gasteiger partial charge in [0.05, 0.1) is 6.61 Å². The molecule has 0 aromatic heterocycles. The van der Waals surface area contributed by atoms with E-state index in [-0.39, 0.29) is 19.4 Å². The number of rotatable bonds is 7. The summed E-state index contributed by atoms with van der Waals surface area (Å²) in [4.78, 5) is 34.3. The monoisotopic (exact) mass is 293 g/mol. The third-order valence-electron chi connectivity index (χ3n) is 2.86. The Morgan fingerprint density at radius 2 is 1.86 bits per heavy atom. The molecule has 0 saturated heterocycles. The Hall–Kier alpha value is -2.37. The minimum atomic E-state index is -1.18. The van der Waals surface area contributed by atoms with Gasteiger partial charge in [-0.05, 0) is 32.4 Å². The van der Waals surface area contributed by atoms with Crippen molar-refractivity contribution in [3.63, 3.8) is 0 Å². The van der Waals surface area contributed by atoms with Crippen molar-refractivity contribution >= 4 is 17.8 Å². The van der Waals surface area contributed by atoms with Crippen LogP contribution in [0.5, 0.6) is 0 Å². The molecule has 6 nitrogen and oxygen atoms in total. The molecule has 0 spiro atoms. The predicted molar refractivity (Wildman–Crippen MR) is 75.9 cm³/mol. The fraction of sp³-hybridized carbons (Fsp3) is 0.400. The van der Waals surface area contributed by atoms with Gasteiger partial charge in [0.2, 0.25) is 0 Å². The van der Waals surface area contributed by atoms with Crippen LogP contribution in [0.25, 0.3) is 0 Å². The number of hydrogen-bond acceptors (Lipinski definition) is 4. The lowest BCUT2D eigenvalue weighted by Crippen LogP contribution is -2.41. The second kappa shape index (κ2) is 8.04. The molecule has 0 unspecified atom stereocenters. The maximum Gasteiger partial charge on any atom is 0.326 e. The molecule has 0 fully saturated rings. The van der Waals surface area contributed by atoms with E-state index < -0.39 is 23.9 Å². The van der Waals surface area contributed by atoms with E-state index in [1.165, 1.54) is 0 Å². The maximum atomic E-state index is 12.0. The van der Waals surface area contributed by atoms with Gasteiger partial charge in [0.1, 0.15) is 6.04 Å². The molecule has 0 aliphatic carbocycles. The van der Waals surface area contributed by atoms with Gasteiger partial charge in [0.15, 0.2) is 0 Å². The number of carboxylic acid groups (broad SMARTS) is 1. The molecular formula is C15H19NO5. The minimum Gasteiger partial charge on any atom is -0.480 e. The SMILES string of the molecule is CCOC(=O)CC[C@H](NC(=O)c1ccc(C)cc1)C(=O)O. The molecule has 0 radical (unpaired) electrons. The third kappa shape index (κ3) is 5.64. The van der Waals surface area contributed by atoms with Crippen LogP contribution in [-0.2, 0) is 14.3 Å². The normalized spacial score (nSPS) is 11.5. The highest BCUT2D eigenvalue weighted by atomic mass is 16.5. The average Bonchev–Trinajstić information content (AvgIpc) is 2.43. The molecule has 114 valence electrons. The number of ether oxygens (including phenoxy) is 1. The number of carbonyl (C=O) groups excluding carboxylic acids is 2. The van der Waals surface area contributed by atoms with Crippen molar-refractivity contribution in [1.29, 1.82) is 0 Å². The van der Waals surface area contributed by atoms with E-state index in [4.69, 9.17) is 9.84 Å². The second-order valence-corrected chi connectivity index (χ2v) is 4.57. The fourth-order valence-corrected chi connectivity index (χ4v) is 1.70. The van der Waals surface area contributed by atoms with Gasteiger partial charge in [-0.3, -0.25) is 9.59 Å². The van der Waals surface area contributed by atoms with E-state index in [1.54, 1.807) is 31.2 Å². The molecule has 21 heavy (non-hydrogen) atoms. The molecule has 0 saturated carbocycles. The van der Waals surface area contributed by atoms with Crippen molar-refractivity contribution < 1.29 is 24.2 Å². The van der Waals surface area contributed by atoms with Crippen LogP contribution in [0, 0.1) is 6.92 Å². The number of carboxylic acids is 1. The highest BCUT2D eigenvalue weighted by Crippen LogP contribution is 2.06. The summed E-state index contributed by atoms with van der Waals surface area (Å²) in [5.41, 5.74) is 1.38. The van der Waals surface area contributed by atoms with Gasteiger partial charge in [0, 0.05) is 12.0 Å². The highest BCUT2D eigenvalue weighted by Gasteiger charge is 2.21. The summed E-state index contributed by atoms with van der Waals surface area (Å²) in [6.07, 6.45) is -0.0647. The summed E-state index contributed by atoms with van der Waals surface area (Å²) in [5.74, 6) is -2.14. The summed E-state index contributed by atoms with van der Waals surface area (Å²) in [6, 6.07) is 5.65. The molecule has 1 atom stereocenters. The molecule has 1 aromatic carbocycles. The summed E-state index contributed by atoms with van der Waals surface area (Å²) < 4.78 is 4.73. The Bertz CT molecular complexity index is 509. The molecule has 0 aliphatic heterocycles. The van der Waals surface area contributed by atoms with Crippen molar-refractivity contribution in [3.05, 3.63) is 35.4 Å². The zero-order chi connectivity index (χ0) is 15.8. The van der Waals surface area contributed by atoms with E-state index in [1.807, 2.05) is 6.92 Å². The molecule has 6 heteroatoms. The number of carbonyl (C=O) groups is 3. The molecule has 0 heterocycles. The number of esters is 1. The van der Waals surface area contributed by atoms with Gasteiger partial charge in [-0.25, -0.2) is 4.79 Å². The maximum absolute atomic E-state index is 12.0. The average molecular weight is 293 g/mol. The van der Waals surface area contributed by atoms with Crippen molar-refractivity contribution in [1.82, 2.24) is 5.32 Å². The molecule has 2 N–H and O–H groups in total. The number of amides is 1. The number of nitrogens with one attached hydrogen (secondary N) is 1. The van der Waals surface area contributed by atoms with E-state index in [0.29, 0.717) is 5.56 Å². The molecule has 1 amide bonds. The number of aryl methyl sites for hydroxylation is 1. The van der Waals surface area contributed by atoms with Crippen LogP contribution in [-0.4, -0.2) is 35.6 Å². The predicted octanol–water partition coefficient (Wildman–Crippen LogP) is 1.52. The Balaban J connectivity index is 2.61. The lowest BCUT2D eigenvalue weighted by Gasteiger charge is -2.14. The van der Waals surface area contributed by atoms with Gasteiger partial charge in [-0.1, -0.05) is 17.7 Å². The van der Waals surface area contributed by atoms with Crippen LogP contribution >= 0.6 is 0 Å². The van der Waals surface area contributed by atoms with E-state index >= 15 is 0 Å². The summed E-state index contributed by atoms with van der Waals surface area (Å²) >= 11 is 0. The lowest BCUT2D eigenvalue weighted by atomic mass is 10.1. The largest absolute Gasteiger partial charge is 0.480 e. The number of benzene rings is 1. The van der Waals surface area contributed by atoms with Crippen LogP contribution in [0.2, 0.25) is 0 Å². The van der Waals surface area contributed by atoms with Crippen molar-refractivity contribution in [2.75, 3.05) is 6.61 Å². The van der Waals surface area contributed by atoms with Crippen LogP contribution < -0.4 is 5.32 Å². The Morgan fingerprint density at radius 1 is 1.24 bits per heavy atom. The number of hydrogen-bond donors (Lipinski definition) is 2. The van der Waals surface area contributed by atoms with Gasteiger partial charge in [0.25, 0.3) is 5.91 Å². The first kappa shape index (κ1) is 16.7. The molecule has 1 rings (SSSR count). The summed E-state index contributed by atoms with van der Waals surface area (Å²) in [7, 11) is 0. The first-order chi connectivity index (χ1) is 9.93. The van der Waals surface area contributed by atoms with Gasteiger partial charge < -0.3 is 15.2 Å². The van der Waals surface area contributed by atoms with Crippen LogP contribution in [0.1, 0.15) is 35.7 Å². The molecule has 0 aliphatic rings. The third-order valence-corrected chi connectivity index (χ3v) is 2.86. The Morgan fingerprint density at radius 3 is 2.38 bits per heavy atom. The second-order valence-electron chi connectivity index (χ2n) is 4.57. The quantitative estimate of drug-likeness (QED) is 0.744. The van der Waals surface area contributed by atoms with Crippen LogP contribution in [0.15, 0.2) is 24.3 Å². The summed E-state index contributed by atoms with van der Waals surface area (Å²) in [6.45, 7) is 3.80. The van der Waals surface area contributed by atoms with Gasteiger partial charge in [-0.2, -0.15) is 0 Å². The van der Waals surface area contributed by atoms with Crippen molar-refractivity contribution in [3.8, 4) is 0 Å². The van der Waals surface area contributed by atoms with E-state index in [0.717, 1.165) is 5.56 Å². The minimum absolute atomic E-state index is 0.00817. The molecule has 1 aromatic rings. The van der Waals surface area contributed by atoms with Crippen LogP contribution in [0.4, 0.5) is 0 Å². The first-order valence-corrected chi connectivity index (χ1v) is 6.70. The van der Waals surface area contributed by atoms with Gasteiger partial charge in [-0.15, -0.1) is 0 Å². The van der Waals surface area contributed by atoms with Crippen molar-refractivity contribution in [2.45, 2.75) is 32.7 Å². The van der Waals surface area contributed by atoms with E-state index in [2.05, 4.69) is 5.32 Å². The first-order valence-electron chi connectivity index (χ1n) is 6.70. The molecule has 0 bridgehead atoms. The zero-order valence-electron chi connectivity index (χ0n) is 12.1. The highest BCUT2D eigenvalue weighted by molar-refractivity contribution is 5.96. The number of aliphatic carboxylic acids is 1. The molecular weight excluding hydrogens is 274 g/mol. The Kier molecular flexibility index (Phi) is 6.39. The Labute approximate surface area is 123 Å². The lowest BCUT2D eigenvalue weighted by molar-refractivity contribution is -0.144. The summed E-state index contributed by atoms with van der Waals surface area (Å²) in [5, 5.41) is 11.5. The fourth-order valence-electron chi connectivity index (χ4n) is 1.70. The van der Waals surface area contributed by atoms with Crippen molar-refractivity contribution in [2.24, 2.45) is 0 Å². The van der Waals surface area contributed by atoms with Crippen LogP contribution in [0.3, 0.4) is 0 Å². The smallest absolute Gasteiger partial charge is 0.326 e. The zero-order valence-corrected chi connectivity index (χ0v) is 12.1.